The molecule has 1 N–H and O–H groups in total. The first-order valence-electron chi connectivity index (χ1n) is 6.13. The number of benzene rings is 2. The zero-order valence-corrected chi connectivity index (χ0v) is 11.6. The molecule has 0 radical (unpaired) electrons. The summed E-state index contributed by atoms with van der Waals surface area (Å²) in [7, 11) is 0. The summed E-state index contributed by atoms with van der Waals surface area (Å²) in [5.74, 6) is -0.671. The summed E-state index contributed by atoms with van der Waals surface area (Å²) in [4.78, 5) is 12.1. The lowest BCUT2D eigenvalue weighted by Gasteiger charge is -2.11. The molecule has 0 aliphatic rings. The highest BCUT2D eigenvalue weighted by molar-refractivity contribution is 6.31. The Bertz CT molecular complexity index is 635. The molecule has 2 rings (SSSR count). The van der Waals surface area contributed by atoms with Crippen molar-refractivity contribution >= 4 is 17.5 Å². The summed E-state index contributed by atoms with van der Waals surface area (Å²) in [5, 5.41) is 3.14. The van der Waals surface area contributed by atoms with E-state index in [9.17, 15) is 13.6 Å². The molecule has 21 heavy (non-hydrogen) atoms. The molecule has 0 spiro atoms. The van der Waals surface area contributed by atoms with E-state index in [1.54, 1.807) is 30.3 Å². The molecule has 0 saturated carbocycles. The van der Waals surface area contributed by atoms with Crippen molar-refractivity contribution in [2.75, 3.05) is 0 Å². The predicted octanol–water partition coefficient (Wildman–Crippen LogP) is 3.87. The Hall–Kier alpha value is -2.14. The van der Waals surface area contributed by atoms with Crippen LogP contribution in [0, 0.1) is 0 Å². The second-order valence-corrected chi connectivity index (χ2v) is 4.56. The van der Waals surface area contributed by atoms with Crippen LogP contribution >= 0.6 is 11.6 Å². The van der Waals surface area contributed by atoms with Crippen LogP contribution in [0.1, 0.15) is 15.9 Å². The van der Waals surface area contributed by atoms with Crippen molar-refractivity contribution in [2.24, 2.45) is 0 Å². The van der Waals surface area contributed by atoms with Crippen molar-refractivity contribution in [1.82, 2.24) is 5.32 Å². The Balaban J connectivity index is 2.09. The summed E-state index contributed by atoms with van der Waals surface area (Å²) in [6, 6.07) is 12.9. The molecule has 0 bridgehead atoms. The van der Waals surface area contributed by atoms with E-state index in [2.05, 4.69) is 10.1 Å². The van der Waals surface area contributed by atoms with Gasteiger partial charge in [0.1, 0.15) is 5.75 Å². The van der Waals surface area contributed by atoms with Crippen molar-refractivity contribution in [3.05, 3.63) is 64.7 Å². The third-order valence-electron chi connectivity index (χ3n) is 2.74. The minimum atomic E-state index is -2.98. The molecule has 0 aromatic heterocycles. The van der Waals surface area contributed by atoms with Gasteiger partial charge in [0, 0.05) is 11.6 Å². The van der Waals surface area contributed by atoms with Crippen molar-refractivity contribution in [1.29, 1.82) is 0 Å². The molecule has 6 heteroatoms. The maximum absolute atomic E-state index is 12.3. The van der Waals surface area contributed by atoms with Crippen LogP contribution in [0.25, 0.3) is 0 Å². The van der Waals surface area contributed by atoms with Crippen molar-refractivity contribution in [2.45, 2.75) is 13.2 Å². The molecule has 0 atom stereocenters. The van der Waals surface area contributed by atoms with Gasteiger partial charge >= 0.3 is 6.61 Å². The van der Waals surface area contributed by atoms with Crippen molar-refractivity contribution < 1.29 is 18.3 Å². The number of para-hydroxylation sites is 1. The molecular weight excluding hydrogens is 300 g/mol. The molecular formula is C15H12ClF2NO2. The summed E-state index contributed by atoms with van der Waals surface area (Å²) in [6.45, 7) is -2.79. The standard InChI is InChI=1S/C15H12ClF2NO2/c16-12-7-3-1-5-10(12)9-19-14(20)11-6-2-4-8-13(11)21-15(17)18/h1-8,15H,9H2,(H,19,20). The Morgan fingerprint density at radius 1 is 1.14 bits per heavy atom. The largest absolute Gasteiger partial charge is 0.434 e. The highest BCUT2D eigenvalue weighted by atomic mass is 35.5. The minimum Gasteiger partial charge on any atom is -0.434 e. The summed E-state index contributed by atoms with van der Waals surface area (Å²) in [5.41, 5.74) is 0.782. The van der Waals surface area contributed by atoms with Crippen LogP contribution < -0.4 is 10.1 Å². The maximum Gasteiger partial charge on any atom is 0.387 e. The maximum atomic E-state index is 12.3. The monoisotopic (exact) mass is 311 g/mol. The van der Waals surface area contributed by atoms with Gasteiger partial charge in [-0.1, -0.05) is 41.9 Å². The van der Waals surface area contributed by atoms with Crippen LogP contribution in [0.15, 0.2) is 48.5 Å². The molecule has 0 unspecified atom stereocenters. The normalized spacial score (nSPS) is 10.5. The van der Waals surface area contributed by atoms with Gasteiger partial charge in [-0.05, 0) is 23.8 Å². The van der Waals surface area contributed by atoms with Crippen molar-refractivity contribution in [3.8, 4) is 5.75 Å². The van der Waals surface area contributed by atoms with Crippen LogP contribution in [0.5, 0.6) is 5.75 Å². The Morgan fingerprint density at radius 2 is 1.81 bits per heavy atom. The fraction of sp³-hybridized carbons (Fsp3) is 0.133. The first-order valence-corrected chi connectivity index (χ1v) is 6.51. The summed E-state index contributed by atoms with van der Waals surface area (Å²) in [6.07, 6.45) is 0. The first kappa shape index (κ1) is 15.3. The van der Waals surface area contributed by atoms with Crippen molar-refractivity contribution in [3.63, 3.8) is 0 Å². The fourth-order valence-electron chi connectivity index (χ4n) is 1.77. The number of alkyl halides is 2. The number of hydrogen-bond acceptors (Lipinski definition) is 2. The summed E-state index contributed by atoms with van der Waals surface area (Å²) >= 11 is 5.98. The number of nitrogens with one attached hydrogen (secondary N) is 1. The van der Waals surface area contributed by atoms with Crippen LogP contribution in [0.4, 0.5) is 8.78 Å². The Kier molecular flexibility index (Phi) is 5.11. The van der Waals surface area contributed by atoms with Gasteiger partial charge in [0.05, 0.1) is 5.56 Å². The zero-order valence-electron chi connectivity index (χ0n) is 10.9. The molecule has 0 aliphatic heterocycles. The number of halogens is 3. The average Bonchev–Trinajstić information content (AvgIpc) is 2.46. The first-order chi connectivity index (χ1) is 10.1. The van der Waals surface area contributed by atoms with E-state index < -0.39 is 12.5 Å². The van der Waals surface area contributed by atoms with Crippen LogP contribution in [-0.2, 0) is 6.54 Å². The Labute approximate surface area is 125 Å². The van der Waals surface area contributed by atoms with E-state index >= 15 is 0 Å². The number of carbonyl (C=O) groups excluding carboxylic acids is 1. The van der Waals surface area contributed by atoms with E-state index in [1.807, 2.05) is 0 Å². The van der Waals surface area contributed by atoms with Crippen LogP contribution in [0.3, 0.4) is 0 Å². The smallest absolute Gasteiger partial charge is 0.387 e. The third kappa shape index (κ3) is 4.16. The Morgan fingerprint density at radius 3 is 2.52 bits per heavy atom. The quantitative estimate of drug-likeness (QED) is 0.910. The molecule has 2 aromatic carbocycles. The fourth-order valence-corrected chi connectivity index (χ4v) is 1.97. The molecule has 2 aromatic rings. The van der Waals surface area contributed by atoms with Gasteiger partial charge in [-0.3, -0.25) is 4.79 Å². The van der Waals surface area contributed by atoms with Crippen LogP contribution in [-0.4, -0.2) is 12.5 Å². The van der Waals surface area contributed by atoms with Gasteiger partial charge in [0.25, 0.3) is 5.91 Å². The highest BCUT2D eigenvalue weighted by Crippen LogP contribution is 2.20. The lowest BCUT2D eigenvalue weighted by molar-refractivity contribution is -0.0501. The molecule has 0 heterocycles. The minimum absolute atomic E-state index is 0.0462. The van der Waals surface area contributed by atoms with E-state index in [-0.39, 0.29) is 17.9 Å². The van der Waals surface area contributed by atoms with Gasteiger partial charge in [-0.25, -0.2) is 0 Å². The molecule has 3 nitrogen and oxygen atoms in total. The van der Waals surface area contributed by atoms with Gasteiger partial charge in [0.15, 0.2) is 0 Å². The van der Waals surface area contributed by atoms with E-state index in [1.165, 1.54) is 18.2 Å². The number of carbonyl (C=O) groups is 1. The predicted molar refractivity (Wildman–Crippen MR) is 75.7 cm³/mol. The zero-order chi connectivity index (χ0) is 15.2. The molecule has 0 aliphatic carbocycles. The number of hydrogen-bond donors (Lipinski definition) is 1. The lowest BCUT2D eigenvalue weighted by Crippen LogP contribution is -2.24. The third-order valence-corrected chi connectivity index (χ3v) is 3.11. The lowest BCUT2D eigenvalue weighted by atomic mass is 10.1. The van der Waals surface area contributed by atoms with E-state index in [4.69, 9.17) is 11.6 Å². The van der Waals surface area contributed by atoms with Crippen LogP contribution in [0.2, 0.25) is 5.02 Å². The molecule has 0 saturated heterocycles. The van der Waals surface area contributed by atoms with E-state index in [0.29, 0.717) is 5.02 Å². The molecule has 0 fully saturated rings. The SMILES string of the molecule is O=C(NCc1ccccc1Cl)c1ccccc1OC(F)F. The second-order valence-electron chi connectivity index (χ2n) is 4.15. The average molecular weight is 312 g/mol. The van der Waals surface area contributed by atoms with E-state index in [0.717, 1.165) is 5.56 Å². The molecule has 1 amide bonds. The topological polar surface area (TPSA) is 38.3 Å². The molecule has 110 valence electrons. The number of amides is 1. The highest BCUT2D eigenvalue weighted by Gasteiger charge is 2.15. The number of rotatable bonds is 5. The van der Waals surface area contributed by atoms with Gasteiger partial charge < -0.3 is 10.1 Å². The summed E-state index contributed by atoms with van der Waals surface area (Å²) < 4.78 is 28.9. The van der Waals surface area contributed by atoms with Gasteiger partial charge in [-0.15, -0.1) is 0 Å². The number of ether oxygens (including phenoxy) is 1. The second kappa shape index (κ2) is 7.04. The van der Waals surface area contributed by atoms with Gasteiger partial charge in [0.2, 0.25) is 0 Å². The van der Waals surface area contributed by atoms with Gasteiger partial charge in [-0.2, -0.15) is 8.78 Å².